The summed E-state index contributed by atoms with van der Waals surface area (Å²) in [7, 11) is 0. The van der Waals surface area contributed by atoms with Gasteiger partial charge in [-0.3, -0.25) is 0 Å². The van der Waals surface area contributed by atoms with Crippen molar-refractivity contribution in [3.8, 4) is 0 Å². The van der Waals surface area contributed by atoms with Crippen molar-refractivity contribution in [2.24, 2.45) is 0 Å². The van der Waals surface area contributed by atoms with Crippen LogP contribution in [0.2, 0.25) is 0 Å². The Morgan fingerprint density at radius 2 is 2.15 bits per heavy atom. The minimum atomic E-state index is -0.911. The Bertz CT molecular complexity index is 327. The van der Waals surface area contributed by atoms with Gasteiger partial charge >= 0.3 is 5.97 Å². The molecule has 0 saturated carbocycles. The number of carboxylic acid groups (broad SMARTS) is 1. The van der Waals surface area contributed by atoms with Gasteiger partial charge in [-0.15, -0.1) is 0 Å². The molecule has 0 fully saturated rings. The summed E-state index contributed by atoms with van der Waals surface area (Å²) in [6, 6.07) is 7.78. The van der Waals surface area contributed by atoms with Crippen LogP contribution in [0.4, 0.5) is 0 Å². The van der Waals surface area contributed by atoms with Crippen molar-refractivity contribution < 1.29 is 9.90 Å². The Hall–Kier alpha value is -1.57. The van der Waals surface area contributed by atoms with E-state index in [1.165, 1.54) is 5.56 Å². The van der Waals surface area contributed by atoms with Crippen molar-refractivity contribution in [1.29, 1.82) is 0 Å². The first kappa shape index (κ1) is 9.52. The number of carboxylic acids is 1. The molecule has 0 aliphatic rings. The highest BCUT2D eigenvalue weighted by atomic mass is 16.4. The lowest BCUT2D eigenvalue weighted by Gasteiger charge is -2.00. The molecule has 0 saturated heterocycles. The molecule has 0 aliphatic heterocycles. The Morgan fingerprint density at radius 1 is 1.46 bits per heavy atom. The molecular formula is C11H12O2. The number of carbonyl (C=O) groups is 1. The van der Waals surface area contributed by atoms with Crippen LogP contribution < -0.4 is 0 Å². The second-order valence-corrected chi connectivity index (χ2v) is 2.72. The van der Waals surface area contributed by atoms with Crippen LogP contribution >= 0.6 is 0 Å². The number of benzene rings is 1. The van der Waals surface area contributed by atoms with E-state index >= 15 is 0 Å². The van der Waals surface area contributed by atoms with Gasteiger partial charge in [0.15, 0.2) is 0 Å². The smallest absolute Gasteiger partial charge is 0.328 e. The van der Waals surface area contributed by atoms with Gasteiger partial charge in [0.1, 0.15) is 0 Å². The maximum atomic E-state index is 10.3. The lowest BCUT2D eigenvalue weighted by Crippen LogP contribution is -1.88. The zero-order valence-electron chi connectivity index (χ0n) is 7.53. The van der Waals surface area contributed by atoms with Gasteiger partial charge in [-0.05, 0) is 23.6 Å². The summed E-state index contributed by atoms with van der Waals surface area (Å²) in [6.07, 6.45) is 3.70. The molecule has 68 valence electrons. The van der Waals surface area contributed by atoms with E-state index < -0.39 is 5.97 Å². The quantitative estimate of drug-likeness (QED) is 0.718. The van der Waals surface area contributed by atoms with E-state index in [2.05, 4.69) is 0 Å². The van der Waals surface area contributed by atoms with E-state index in [0.29, 0.717) is 0 Å². The normalized spacial score (nSPS) is 10.5. The van der Waals surface area contributed by atoms with Crippen molar-refractivity contribution >= 4 is 12.0 Å². The molecule has 0 bridgehead atoms. The fourth-order valence-corrected chi connectivity index (χ4v) is 1.18. The molecule has 0 amide bonds. The van der Waals surface area contributed by atoms with Crippen molar-refractivity contribution in [3.63, 3.8) is 0 Å². The Labute approximate surface area is 77.5 Å². The molecular weight excluding hydrogens is 164 g/mol. The molecule has 2 heteroatoms. The number of rotatable bonds is 3. The van der Waals surface area contributed by atoms with E-state index in [4.69, 9.17) is 5.11 Å². The minimum absolute atomic E-state index is 0.911. The second kappa shape index (κ2) is 4.45. The summed E-state index contributed by atoms with van der Waals surface area (Å²) in [6.45, 7) is 2.05. The van der Waals surface area contributed by atoms with Gasteiger partial charge in [0.2, 0.25) is 0 Å². The fraction of sp³-hybridized carbons (Fsp3) is 0.182. The minimum Gasteiger partial charge on any atom is -0.478 e. The highest BCUT2D eigenvalue weighted by molar-refractivity contribution is 5.85. The first-order valence-electron chi connectivity index (χ1n) is 4.23. The molecule has 0 aliphatic carbocycles. The highest BCUT2D eigenvalue weighted by Crippen LogP contribution is 2.10. The van der Waals surface area contributed by atoms with Gasteiger partial charge in [0, 0.05) is 6.08 Å². The molecule has 1 aromatic carbocycles. The lowest BCUT2D eigenvalue weighted by molar-refractivity contribution is -0.131. The molecule has 13 heavy (non-hydrogen) atoms. The van der Waals surface area contributed by atoms with Crippen LogP contribution in [0.5, 0.6) is 0 Å². The predicted molar refractivity (Wildman–Crippen MR) is 52.5 cm³/mol. The van der Waals surface area contributed by atoms with Crippen LogP contribution in [0.1, 0.15) is 18.1 Å². The molecule has 0 heterocycles. The van der Waals surface area contributed by atoms with Gasteiger partial charge < -0.3 is 5.11 Å². The fourth-order valence-electron chi connectivity index (χ4n) is 1.18. The van der Waals surface area contributed by atoms with E-state index in [9.17, 15) is 4.79 Å². The van der Waals surface area contributed by atoms with Crippen molar-refractivity contribution in [2.45, 2.75) is 13.3 Å². The third-order valence-electron chi connectivity index (χ3n) is 1.84. The number of hydrogen-bond acceptors (Lipinski definition) is 1. The van der Waals surface area contributed by atoms with E-state index in [1.54, 1.807) is 6.08 Å². The van der Waals surface area contributed by atoms with Crippen LogP contribution in [0.15, 0.2) is 30.3 Å². The average Bonchev–Trinajstić information content (AvgIpc) is 2.15. The zero-order valence-corrected chi connectivity index (χ0v) is 7.53. The van der Waals surface area contributed by atoms with Gasteiger partial charge in [0.05, 0.1) is 0 Å². The summed E-state index contributed by atoms with van der Waals surface area (Å²) in [5.74, 6) is -0.911. The Morgan fingerprint density at radius 3 is 2.77 bits per heavy atom. The summed E-state index contributed by atoms with van der Waals surface area (Å²) < 4.78 is 0. The van der Waals surface area contributed by atoms with Crippen LogP contribution in [0, 0.1) is 0 Å². The zero-order chi connectivity index (χ0) is 9.68. The third-order valence-corrected chi connectivity index (χ3v) is 1.84. The molecule has 1 N–H and O–H groups in total. The monoisotopic (exact) mass is 176 g/mol. The maximum absolute atomic E-state index is 10.3. The first-order valence-corrected chi connectivity index (χ1v) is 4.23. The lowest BCUT2D eigenvalue weighted by atomic mass is 10.1. The third kappa shape index (κ3) is 2.75. The van der Waals surface area contributed by atoms with Crippen molar-refractivity contribution in [1.82, 2.24) is 0 Å². The standard InChI is InChI=1S/C11H12O2/c1-2-9-5-3-4-6-10(9)7-8-11(12)13/h3-8H,2H2,1H3,(H,12,13)/b8-7+. The summed E-state index contributed by atoms with van der Waals surface area (Å²) in [5.41, 5.74) is 2.15. The summed E-state index contributed by atoms with van der Waals surface area (Å²) in [5, 5.41) is 8.45. The van der Waals surface area contributed by atoms with Gasteiger partial charge in [0.25, 0.3) is 0 Å². The largest absolute Gasteiger partial charge is 0.478 e. The Balaban J connectivity index is 2.93. The molecule has 1 aromatic rings. The van der Waals surface area contributed by atoms with E-state index in [-0.39, 0.29) is 0 Å². The number of aryl methyl sites for hydroxylation is 1. The van der Waals surface area contributed by atoms with Crippen LogP contribution in [-0.4, -0.2) is 11.1 Å². The van der Waals surface area contributed by atoms with Crippen molar-refractivity contribution in [3.05, 3.63) is 41.5 Å². The first-order chi connectivity index (χ1) is 6.24. The van der Waals surface area contributed by atoms with Crippen molar-refractivity contribution in [2.75, 3.05) is 0 Å². The van der Waals surface area contributed by atoms with Crippen LogP contribution in [0.3, 0.4) is 0 Å². The van der Waals surface area contributed by atoms with Gasteiger partial charge in [-0.25, -0.2) is 4.79 Å². The highest BCUT2D eigenvalue weighted by Gasteiger charge is 1.95. The molecule has 2 nitrogen and oxygen atoms in total. The second-order valence-electron chi connectivity index (χ2n) is 2.72. The number of aliphatic carboxylic acids is 1. The molecule has 0 aromatic heterocycles. The van der Waals surface area contributed by atoms with E-state index in [1.807, 2.05) is 31.2 Å². The van der Waals surface area contributed by atoms with Crippen LogP contribution in [0.25, 0.3) is 6.08 Å². The summed E-state index contributed by atoms with van der Waals surface area (Å²) >= 11 is 0. The summed E-state index contributed by atoms with van der Waals surface area (Å²) in [4.78, 5) is 10.3. The van der Waals surface area contributed by atoms with Gasteiger partial charge in [-0.1, -0.05) is 31.2 Å². The predicted octanol–water partition coefficient (Wildman–Crippen LogP) is 2.35. The molecule has 0 unspecified atom stereocenters. The topological polar surface area (TPSA) is 37.3 Å². The van der Waals surface area contributed by atoms with Crippen LogP contribution in [-0.2, 0) is 11.2 Å². The SMILES string of the molecule is CCc1ccccc1/C=C/C(=O)O. The van der Waals surface area contributed by atoms with E-state index in [0.717, 1.165) is 18.1 Å². The maximum Gasteiger partial charge on any atom is 0.328 e. The molecule has 0 atom stereocenters. The average molecular weight is 176 g/mol. The molecule has 0 radical (unpaired) electrons. The number of hydrogen-bond donors (Lipinski definition) is 1. The van der Waals surface area contributed by atoms with Gasteiger partial charge in [-0.2, -0.15) is 0 Å². The molecule has 0 spiro atoms. The molecule has 1 rings (SSSR count). The Kier molecular flexibility index (Phi) is 3.26.